The first-order valence-corrected chi connectivity index (χ1v) is 3.14. The lowest BCUT2D eigenvalue weighted by atomic mass is 10.1. The maximum atomic E-state index is 12.7. The predicted octanol–water partition coefficient (Wildman–Crippen LogP) is 1.58. The fourth-order valence-electron chi connectivity index (χ4n) is 0.708. The average Bonchev–Trinajstić information content (AvgIpc) is 1.79. The number of rotatable bonds is 0. The van der Waals surface area contributed by atoms with Gasteiger partial charge in [-0.3, -0.25) is 5.73 Å². The monoisotopic (exact) mass is 163 g/mol. The van der Waals surface area contributed by atoms with E-state index in [-0.39, 0.29) is 17.2 Å². The van der Waals surface area contributed by atoms with Crippen LogP contribution in [0.25, 0.3) is 0 Å². The predicted molar refractivity (Wildman–Crippen MR) is 37.3 cm³/mol. The number of allylic oxidation sites excluding steroid dienone is 2. The summed E-state index contributed by atoms with van der Waals surface area (Å²) in [6, 6.07) is 0. The van der Waals surface area contributed by atoms with Crippen LogP contribution in [0.2, 0.25) is 0 Å². The zero-order chi connectivity index (χ0) is 7.78. The second-order valence-corrected chi connectivity index (χ2v) is 2.64. The molecule has 1 unspecified atom stereocenters. The molecule has 1 atom stereocenters. The molecule has 3 N–H and O–H groups in total. The van der Waals surface area contributed by atoms with E-state index in [2.05, 4.69) is 0 Å². The lowest BCUT2D eigenvalue weighted by Gasteiger charge is -2.18. The van der Waals surface area contributed by atoms with E-state index in [0.29, 0.717) is 0 Å². The van der Waals surface area contributed by atoms with Gasteiger partial charge < -0.3 is 5.11 Å². The van der Waals surface area contributed by atoms with Crippen LogP contribution in [-0.4, -0.2) is 10.9 Å². The second kappa shape index (κ2) is 2.25. The van der Waals surface area contributed by atoms with Crippen molar-refractivity contribution in [1.82, 2.24) is 0 Å². The lowest BCUT2D eigenvalue weighted by molar-refractivity contribution is 0.204. The smallest absolute Gasteiger partial charge is 0.185 e. The molecule has 1 aliphatic carbocycles. The minimum Gasteiger partial charge on any atom is -0.511 e. The minimum absolute atomic E-state index is 0.152. The molecule has 0 saturated heterocycles. The summed E-state index contributed by atoms with van der Waals surface area (Å²) in [5.41, 5.74) is 5.02. The van der Waals surface area contributed by atoms with Crippen molar-refractivity contribution in [1.29, 1.82) is 0 Å². The highest BCUT2D eigenvalue weighted by molar-refractivity contribution is 6.31. The summed E-state index contributed by atoms with van der Waals surface area (Å²) >= 11 is 5.41. The van der Waals surface area contributed by atoms with Crippen LogP contribution >= 0.6 is 11.6 Å². The molecule has 0 saturated carbocycles. The molecular formula is C6H7ClFNO. The summed E-state index contributed by atoms with van der Waals surface area (Å²) in [5.74, 6) is -2.14. The molecule has 1 aliphatic rings. The minimum atomic E-state index is -1.94. The molecule has 0 spiro atoms. The molecule has 0 aliphatic heterocycles. The van der Waals surface area contributed by atoms with Gasteiger partial charge in [0.2, 0.25) is 0 Å². The summed E-state index contributed by atoms with van der Waals surface area (Å²) < 4.78 is 12.7. The first kappa shape index (κ1) is 7.57. The van der Waals surface area contributed by atoms with Crippen LogP contribution in [-0.2, 0) is 0 Å². The fraction of sp³-hybridized carbons (Fsp3) is 0.333. The van der Waals surface area contributed by atoms with E-state index in [1.165, 1.54) is 6.08 Å². The molecule has 0 amide bonds. The molecule has 4 heteroatoms. The van der Waals surface area contributed by atoms with Crippen molar-refractivity contribution >= 4 is 11.6 Å². The molecular weight excluding hydrogens is 157 g/mol. The van der Waals surface area contributed by atoms with Crippen LogP contribution in [0.4, 0.5) is 4.39 Å². The third kappa shape index (κ3) is 1.49. The number of alkyl halides is 1. The van der Waals surface area contributed by atoms with E-state index in [4.69, 9.17) is 22.4 Å². The lowest BCUT2D eigenvalue weighted by Crippen LogP contribution is -2.33. The normalized spacial score (nSPS) is 33.1. The van der Waals surface area contributed by atoms with Crippen LogP contribution in [0.5, 0.6) is 0 Å². The molecule has 0 aromatic heterocycles. The van der Waals surface area contributed by atoms with E-state index in [1.54, 1.807) is 0 Å². The third-order valence-electron chi connectivity index (χ3n) is 1.22. The van der Waals surface area contributed by atoms with Gasteiger partial charge in [0.1, 0.15) is 5.76 Å². The van der Waals surface area contributed by atoms with E-state index in [9.17, 15) is 4.39 Å². The average molecular weight is 164 g/mol. The first-order valence-electron chi connectivity index (χ1n) is 2.76. The zero-order valence-electron chi connectivity index (χ0n) is 5.14. The number of aliphatic hydroxyl groups excluding tert-OH is 1. The maximum absolute atomic E-state index is 12.7. The van der Waals surface area contributed by atoms with Crippen LogP contribution in [0.3, 0.4) is 0 Å². The topological polar surface area (TPSA) is 46.2 Å². The van der Waals surface area contributed by atoms with Gasteiger partial charge in [0.05, 0.1) is 11.5 Å². The van der Waals surface area contributed by atoms with Crippen LogP contribution < -0.4 is 5.73 Å². The Balaban J connectivity index is 2.85. The van der Waals surface area contributed by atoms with Crippen molar-refractivity contribution in [3.63, 3.8) is 0 Å². The second-order valence-electron chi connectivity index (χ2n) is 2.23. The van der Waals surface area contributed by atoms with Gasteiger partial charge >= 0.3 is 0 Å². The molecule has 0 aromatic carbocycles. The van der Waals surface area contributed by atoms with Gasteiger partial charge in [-0.05, 0) is 12.2 Å². The van der Waals surface area contributed by atoms with E-state index >= 15 is 0 Å². The Morgan fingerprint density at radius 3 is 2.80 bits per heavy atom. The Kier molecular flexibility index (Phi) is 1.70. The van der Waals surface area contributed by atoms with E-state index in [1.807, 2.05) is 0 Å². The summed E-state index contributed by atoms with van der Waals surface area (Å²) in [6.07, 6.45) is 2.12. The largest absolute Gasteiger partial charge is 0.511 e. The Morgan fingerprint density at radius 2 is 2.40 bits per heavy atom. The van der Waals surface area contributed by atoms with Gasteiger partial charge in [0.25, 0.3) is 0 Å². The van der Waals surface area contributed by atoms with Gasteiger partial charge in [0.15, 0.2) is 5.79 Å². The number of aliphatic hydroxyl groups is 1. The number of hydrogen-bond acceptors (Lipinski definition) is 2. The van der Waals surface area contributed by atoms with Crippen molar-refractivity contribution in [2.75, 3.05) is 0 Å². The molecule has 10 heavy (non-hydrogen) atoms. The maximum Gasteiger partial charge on any atom is 0.185 e. The molecule has 1 rings (SSSR count). The van der Waals surface area contributed by atoms with Crippen LogP contribution in [0.15, 0.2) is 22.9 Å². The molecule has 0 heterocycles. The number of nitrogens with two attached hydrogens (primary N) is 1. The van der Waals surface area contributed by atoms with Gasteiger partial charge in [-0.25, -0.2) is 4.39 Å². The summed E-state index contributed by atoms with van der Waals surface area (Å²) in [5, 5.41) is 9.04. The van der Waals surface area contributed by atoms with E-state index < -0.39 is 5.79 Å². The van der Waals surface area contributed by atoms with Crippen molar-refractivity contribution in [3.05, 3.63) is 22.9 Å². The summed E-state index contributed by atoms with van der Waals surface area (Å²) in [7, 11) is 0. The highest BCUT2D eigenvalue weighted by Gasteiger charge is 2.26. The molecule has 0 aromatic rings. The van der Waals surface area contributed by atoms with Gasteiger partial charge in [-0.2, -0.15) is 0 Å². The Labute approximate surface area is 62.8 Å². The van der Waals surface area contributed by atoms with E-state index in [0.717, 1.165) is 6.08 Å². The number of halogens is 2. The Bertz CT molecular complexity index is 210. The Hall–Kier alpha value is -0.540. The van der Waals surface area contributed by atoms with Crippen molar-refractivity contribution < 1.29 is 9.50 Å². The van der Waals surface area contributed by atoms with Crippen LogP contribution in [0, 0.1) is 0 Å². The zero-order valence-corrected chi connectivity index (χ0v) is 5.90. The van der Waals surface area contributed by atoms with Crippen molar-refractivity contribution in [2.45, 2.75) is 12.2 Å². The summed E-state index contributed by atoms with van der Waals surface area (Å²) in [4.78, 5) is 0. The molecule has 0 fully saturated rings. The van der Waals surface area contributed by atoms with Gasteiger partial charge in [-0.15, -0.1) is 0 Å². The highest BCUT2D eigenvalue weighted by Crippen LogP contribution is 2.26. The molecule has 0 radical (unpaired) electrons. The SMILES string of the molecule is NC1(F)C=CC(Cl)=C(O)C1. The van der Waals surface area contributed by atoms with Crippen molar-refractivity contribution in [2.24, 2.45) is 5.73 Å². The first-order chi connectivity index (χ1) is 4.51. The molecule has 0 bridgehead atoms. The molecule has 56 valence electrons. The number of hydrogen-bond donors (Lipinski definition) is 2. The Morgan fingerprint density at radius 1 is 1.80 bits per heavy atom. The summed E-state index contributed by atoms with van der Waals surface area (Å²) in [6.45, 7) is 0. The highest BCUT2D eigenvalue weighted by atomic mass is 35.5. The van der Waals surface area contributed by atoms with Crippen molar-refractivity contribution in [3.8, 4) is 0 Å². The van der Waals surface area contributed by atoms with Gasteiger partial charge in [0, 0.05) is 0 Å². The quantitative estimate of drug-likeness (QED) is 0.533. The van der Waals surface area contributed by atoms with Crippen LogP contribution in [0.1, 0.15) is 6.42 Å². The standard InChI is InChI=1S/C6H7ClFNO/c7-4-1-2-6(8,9)3-5(4)10/h1-2,10H,3,9H2. The molecule has 2 nitrogen and oxygen atoms in total. The van der Waals surface area contributed by atoms with Gasteiger partial charge in [-0.1, -0.05) is 11.6 Å². The fourth-order valence-corrected chi connectivity index (χ4v) is 0.838. The third-order valence-corrected chi connectivity index (χ3v) is 1.56.